The first kappa shape index (κ1) is 19.3. The van der Waals surface area contributed by atoms with Gasteiger partial charge in [-0.15, -0.1) is 0 Å². The first-order valence-corrected chi connectivity index (χ1v) is 9.83. The maximum atomic E-state index is 12.2. The van der Waals surface area contributed by atoms with E-state index in [2.05, 4.69) is 43.4 Å². The van der Waals surface area contributed by atoms with E-state index >= 15 is 0 Å². The second-order valence-electron chi connectivity index (χ2n) is 7.72. The van der Waals surface area contributed by atoms with Crippen LogP contribution in [0.1, 0.15) is 25.0 Å². The second-order valence-corrected chi connectivity index (χ2v) is 7.72. The molecule has 3 rings (SSSR count). The highest BCUT2D eigenvalue weighted by atomic mass is 16.5. The van der Waals surface area contributed by atoms with Crippen molar-refractivity contribution in [2.45, 2.75) is 39.1 Å². The number of carbonyl (C=O) groups is 1. The van der Waals surface area contributed by atoms with Gasteiger partial charge in [-0.25, -0.2) is 0 Å². The number of quaternary nitrogens is 2. The number of benzene rings is 1. The molecule has 144 valence electrons. The summed E-state index contributed by atoms with van der Waals surface area (Å²) in [6.45, 7) is 12.0. The molecule has 6 nitrogen and oxygen atoms in total. The standard InChI is InChI=1S/C20H31N3O3/c1-16-12-23(13-17(2)26-16)15-20(24)21-11-18-3-5-19(6-4-18)14-22-7-9-25-10-8-22/h3-6,16-17H,7-15H2,1-2H3,(H,21,24)/p+2/t16-,17-/m0/s1. The van der Waals surface area contributed by atoms with Gasteiger partial charge in [0.15, 0.2) is 6.54 Å². The number of hydrogen-bond donors (Lipinski definition) is 3. The smallest absolute Gasteiger partial charge is 0.275 e. The number of ether oxygens (including phenoxy) is 2. The third-order valence-corrected chi connectivity index (χ3v) is 5.19. The van der Waals surface area contributed by atoms with Gasteiger partial charge in [0, 0.05) is 12.1 Å². The molecule has 2 saturated heterocycles. The predicted octanol–water partition coefficient (Wildman–Crippen LogP) is -1.59. The molecule has 2 atom stereocenters. The molecule has 0 aliphatic carbocycles. The molecule has 1 amide bonds. The van der Waals surface area contributed by atoms with Crippen LogP contribution in [0.15, 0.2) is 24.3 Å². The molecule has 26 heavy (non-hydrogen) atoms. The van der Waals surface area contributed by atoms with Crippen molar-refractivity contribution < 1.29 is 24.1 Å². The zero-order valence-electron chi connectivity index (χ0n) is 16.1. The molecule has 0 aromatic heterocycles. The Kier molecular flexibility index (Phi) is 7.02. The van der Waals surface area contributed by atoms with Crippen LogP contribution < -0.4 is 15.1 Å². The number of nitrogens with one attached hydrogen (secondary N) is 3. The Morgan fingerprint density at radius 1 is 1.04 bits per heavy atom. The van der Waals surface area contributed by atoms with E-state index in [1.165, 1.54) is 10.5 Å². The van der Waals surface area contributed by atoms with Gasteiger partial charge in [-0.05, 0) is 19.4 Å². The van der Waals surface area contributed by atoms with Crippen LogP contribution in [0.5, 0.6) is 0 Å². The average Bonchev–Trinajstić information content (AvgIpc) is 2.61. The summed E-state index contributed by atoms with van der Waals surface area (Å²) in [5, 5.41) is 3.05. The Balaban J connectivity index is 1.40. The lowest BCUT2D eigenvalue weighted by Gasteiger charge is -2.31. The molecule has 2 heterocycles. The van der Waals surface area contributed by atoms with Crippen molar-refractivity contribution in [2.75, 3.05) is 45.9 Å². The van der Waals surface area contributed by atoms with Crippen LogP contribution in [0.2, 0.25) is 0 Å². The van der Waals surface area contributed by atoms with Crippen molar-refractivity contribution in [1.82, 2.24) is 5.32 Å². The van der Waals surface area contributed by atoms with Gasteiger partial charge in [-0.3, -0.25) is 4.79 Å². The molecule has 2 aliphatic heterocycles. The van der Waals surface area contributed by atoms with Gasteiger partial charge in [0.1, 0.15) is 44.9 Å². The Morgan fingerprint density at radius 2 is 1.65 bits per heavy atom. The van der Waals surface area contributed by atoms with Crippen LogP contribution in [0, 0.1) is 0 Å². The number of hydrogen-bond acceptors (Lipinski definition) is 3. The van der Waals surface area contributed by atoms with Crippen molar-refractivity contribution in [3.8, 4) is 0 Å². The fourth-order valence-corrected chi connectivity index (χ4v) is 3.92. The SMILES string of the molecule is C[C@H]1C[NH+](CC(=O)NCc2ccc(C[NH+]3CCOCC3)cc2)C[C@H](C)O1. The van der Waals surface area contributed by atoms with Gasteiger partial charge < -0.3 is 24.6 Å². The lowest BCUT2D eigenvalue weighted by Crippen LogP contribution is -3.16. The van der Waals surface area contributed by atoms with Crippen LogP contribution in [-0.4, -0.2) is 64.1 Å². The minimum Gasteiger partial charge on any atom is -0.370 e. The van der Waals surface area contributed by atoms with E-state index in [1.54, 1.807) is 4.90 Å². The predicted molar refractivity (Wildman–Crippen MR) is 99.1 cm³/mol. The van der Waals surface area contributed by atoms with Gasteiger partial charge in [-0.2, -0.15) is 0 Å². The summed E-state index contributed by atoms with van der Waals surface area (Å²) in [4.78, 5) is 15.1. The fraction of sp³-hybridized carbons (Fsp3) is 0.650. The number of amides is 1. The van der Waals surface area contributed by atoms with Crippen LogP contribution >= 0.6 is 0 Å². The third-order valence-electron chi connectivity index (χ3n) is 5.19. The summed E-state index contributed by atoms with van der Waals surface area (Å²) < 4.78 is 11.1. The maximum absolute atomic E-state index is 12.2. The van der Waals surface area contributed by atoms with Crippen molar-refractivity contribution in [3.63, 3.8) is 0 Å². The van der Waals surface area contributed by atoms with E-state index in [-0.39, 0.29) is 18.1 Å². The summed E-state index contributed by atoms with van der Waals surface area (Å²) in [5.74, 6) is 0.114. The number of carbonyl (C=O) groups excluding carboxylic acids is 1. The Hall–Kier alpha value is -1.47. The average molecular weight is 364 g/mol. The molecular formula is C20H33N3O3+2. The highest BCUT2D eigenvalue weighted by molar-refractivity contribution is 5.76. The van der Waals surface area contributed by atoms with Crippen LogP contribution in [0.25, 0.3) is 0 Å². The highest BCUT2D eigenvalue weighted by Gasteiger charge is 2.27. The Labute approximate surface area is 156 Å². The minimum absolute atomic E-state index is 0.114. The quantitative estimate of drug-likeness (QED) is 0.571. The third kappa shape index (κ3) is 6.06. The molecular weight excluding hydrogens is 330 g/mol. The van der Waals surface area contributed by atoms with Crippen LogP contribution in [0.4, 0.5) is 0 Å². The van der Waals surface area contributed by atoms with Crippen molar-refractivity contribution in [1.29, 1.82) is 0 Å². The molecule has 1 aromatic rings. The molecule has 1 aromatic carbocycles. The summed E-state index contributed by atoms with van der Waals surface area (Å²) in [5.41, 5.74) is 2.50. The molecule has 3 N–H and O–H groups in total. The highest BCUT2D eigenvalue weighted by Crippen LogP contribution is 2.03. The fourth-order valence-electron chi connectivity index (χ4n) is 3.92. The molecule has 0 bridgehead atoms. The molecule has 6 heteroatoms. The van der Waals surface area contributed by atoms with E-state index in [9.17, 15) is 4.79 Å². The van der Waals surface area contributed by atoms with Gasteiger partial charge >= 0.3 is 0 Å². The lowest BCUT2D eigenvalue weighted by molar-refractivity contribution is -0.921. The summed E-state index contributed by atoms with van der Waals surface area (Å²) in [7, 11) is 0. The van der Waals surface area contributed by atoms with Crippen LogP contribution in [0.3, 0.4) is 0 Å². The summed E-state index contributed by atoms with van der Waals surface area (Å²) in [6, 6.07) is 8.61. The second kappa shape index (κ2) is 9.46. The molecule has 0 unspecified atom stereocenters. The van der Waals surface area contributed by atoms with Crippen LogP contribution in [-0.2, 0) is 27.4 Å². The van der Waals surface area contributed by atoms with Gasteiger partial charge in [0.2, 0.25) is 0 Å². The molecule has 2 aliphatic rings. The topological polar surface area (TPSA) is 56.4 Å². The van der Waals surface area contributed by atoms with Gasteiger partial charge in [0.05, 0.1) is 13.2 Å². The van der Waals surface area contributed by atoms with Gasteiger partial charge in [-0.1, -0.05) is 24.3 Å². The first-order chi connectivity index (χ1) is 12.6. The van der Waals surface area contributed by atoms with Crippen molar-refractivity contribution in [2.24, 2.45) is 0 Å². The normalized spacial score (nSPS) is 27.2. The van der Waals surface area contributed by atoms with Gasteiger partial charge in [0.25, 0.3) is 5.91 Å². The Morgan fingerprint density at radius 3 is 2.31 bits per heavy atom. The zero-order valence-corrected chi connectivity index (χ0v) is 16.1. The van der Waals surface area contributed by atoms with E-state index in [0.29, 0.717) is 13.1 Å². The lowest BCUT2D eigenvalue weighted by atomic mass is 10.1. The van der Waals surface area contributed by atoms with E-state index < -0.39 is 0 Å². The summed E-state index contributed by atoms with van der Waals surface area (Å²) in [6.07, 6.45) is 0.449. The van der Waals surface area contributed by atoms with Crippen molar-refractivity contribution in [3.05, 3.63) is 35.4 Å². The van der Waals surface area contributed by atoms with Crippen molar-refractivity contribution >= 4 is 5.91 Å². The molecule has 0 spiro atoms. The summed E-state index contributed by atoms with van der Waals surface area (Å²) >= 11 is 0. The van der Waals surface area contributed by atoms with E-state index in [1.807, 2.05) is 0 Å². The number of morpholine rings is 2. The number of rotatable bonds is 6. The maximum Gasteiger partial charge on any atom is 0.275 e. The van der Waals surface area contributed by atoms with E-state index in [4.69, 9.17) is 9.47 Å². The Bertz CT molecular complexity index is 562. The minimum atomic E-state index is 0.114. The largest absolute Gasteiger partial charge is 0.370 e. The molecule has 2 fully saturated rings. The molecule has 0 radical (unpaired) electrons. The van der Waals surface area contributed by atoms with E-state index in [0.717, 1.165) is 51.5 Å². The molecule has 0 saturated carbocycles. The monoisotopic (exact) mass is 363 g/mol. The first-order valence-electron chi connectivity index (χ1n) is 9.83. The zero-order chi connectivity index (χ0) is 18.4.